The molecule has 0 saturated carbocycles. The maximum absolute atomic E-state index is 12.9. The Morgan fingerprint density at radius 1 is 1.33 bits per heavy atom. The number of anilines is 1. The summed E-state index contributed by atoms with van der Waals surface area (Å²) in [5, 5.41) is 0.463. The molecule has 2 aromatic rings. The van der Waals surface area contributed by atoms with Crippen LogP contribution < -0.4 is 4.72 Å². The monoisotopic (exact) mass is 387 g/mol. The highest BCUT2D eigenvalue weighted by Gasteiger charge is 2.15. The fourth-order valence-corrected chi connectivity index (χ4v) is 2.96. The molecule has 0 bridgehead atoms. The van der Waals surface area contributed by atoms with E-state index in [4.69, 9.17) is 11.6 Å². The summed E-state index contributed by atoms with van der Waals surface area (Å²) in [5.41, 5.74) is 1.60. The summed E-state index contributed by atoms with van der Waals surface area (Å²) in [6, 6.07) is 8.80. The number of carbonyl (C=O) groups excluding carboxylic acids is 1. The molecule has 0 aromatic heterocycles. The number of nitrogens with one attached hydrogen (secondary N) is 1. The second-order valence-electron chi connectivity index (χ2n) is 4.18. The van der Waals surface area contributed by atoms with Gasteiger partial charge in [-0.15, -0.1) is 0 Å². The first-order valence-electron chi connectivity index (χ1n) is 6.20. The lowest BCUT2D eigenvalue weighted by Gasteiger charge is -2.10. The van der Waals surface area contributed by atoms with Crippen molar-refractivity contribution in [2.75, 3.05) is 10.5 Å². The SMILES string of the molecule is CCSNc1cc(Br)c(C(=O)c2ccc(F)cc2)cc1Cl. The molecule has 0 atom stereocenters. The molecule has 0 spiro atoms. The predicted molar refractivity (Wildman–Crippen MR) is 90.7 cm³/mol. The first-order valence-corrected chi connectivity index (χ1v) is 8.35. The summed E-state index contributed by atoms with van der Waals surface area (Å²) in [6.07, 6.45) is 0. The van der Waals surface area contributed by atoms with Gasteiger partial charge in [-0.25, -0.2) is 4.39 Å². The fourth-order valence-electron chi connectivity index (χ4n) is 1.71. The Morgan fingerprint density at radius 3 is 2.62 bits per heavy atom. The maximum atomic E-state index is 12.9. The van der Waals surface area contributed by atoms with E-state index in [0.29, 0.717) is 20.6 Å². The molecule has 0 heterocycles. The van der Waals surface area contributed by atoms with Crippen LogP contribution in [0.25, 0.3) is 0 Å². The Balaban J connectivity index is 2.33. The van der Waals surface area contributed by atoms with Crippen LogP contribution in [0.1, 0.15) is 22.8 Å². The standard InChI is InChI=1S/C15H12BrClFNOS/c1-2-21-19-14-8-12(16)11(7-13(14)17)15(20)9-3-5-10(18)6-4-9/h3-8,19H,2H2,1H3. The third kappa shape index (κ3) is 3.99. The molecule has 0 amide bonds. The average molecular weight is 389 g/mol. The van der Waals surface area contributed by atoms with Gasteiger partial charge in [0.15, 0.2) is 5.78 Å². The van der Waals surface area contributed by atoms with Gasteiger partial charge < -0.3 is 4.72 Å². The number of carbonyl (C=O) groups is 1. The van der Waals surface area contributed by atoms with Gasteiger partial charge in [0, 0.05) is 21.4 Å². The lowest BCUT2D eigenvalue weighted by molar-refractivity contribution is 0.103. The lowest BCUT2D eigenvalue weighted by atomic mass is 10.0. The van der Waals surface area contributed by atoms with Crippen LogP contribution >= 0.6 is 39.5 Å². The number of ketones is 1. The minimum atomic E-state index is -0.375. The lowest BCUT2D eigenvalue weighted by Crippen LogP contribution is -2.03. The van der Waals surface area contributed by atoms with Gasteiger partial charge in [0.1, 0.15) is 5.82 Å². The Bertz CT molecular complexity index is 663. The van der Waals surface area contributed by atoms with Gasteiger partial charge in [-0.3, -0.25) is 4.79 Å². The summed E-state index contributed by atoms with van der Waals surface area (Å²) in [6.45, 7) is 2.02. The van der Waals surface area contributed by atoms with Crippen molar-refractivity contribution >= 4 is 50.9 Å². The fraction of sp³-hybridized carbons (Fsp3) is 0.133. The van der Waals surface area contributed by atoms with Crippen molar-refractivity contribution in [3.8, 4) is 0 Å². The zero-order valence-corrected chi connectivity index (χ0v) is 14.3. The molecule has 0 unspecified atom stereocenters. The number of hydrogen-bond donors (Lipinski definition) is 1. The van der Waals surface area contributed by atoms with Gasteiger partial charge in [-0.1, -0.05) is 30.5 Å². The van der Waals surface area contributed by atoms with Crippen LogP contribution in [0.5, 0.6) is 0 Å². The van der Waals surface area contributed by atoms with Gasteiger partial charge >= 0.3 is 0 Å². The Labute approximate surface area is 140 Å². The van der Waals surface area contributed by atoms with E-state index in [9.17, 15) is 9.18 Å². The number of rotatable bonds is 5. The van der Waals surface area contributed by atoms with Gasteiger partial charge in [-0.2, -0.15) is 0 Å². The van der Waals surface area contributed by atoms with Crippen molar-refractivity contribution in [3.63, 3.8) is 0 Å². The van der Waals surface area contributed by atoms with Crippen LogP contribution in [0.3, 0.4) is 0 Å². The zero-order valence-electron chi connectivity index (χ0n) is 11.1. The van der Waals surface area contributed by atoms with Crippen LogP contribution in [-0.4, -0.2) is 11.5 Å². The molecule has 2 nitrogen and oxygen atoms in total. The highest BCUT2D eigenvalue weighted by Crippen LogP contribution is 2.32. The van der Waals surface area contributed by atoms with Crippen LogP contribution in [0.15, 0.2) is 40.9 Å². The van der Waals surface area contributed by atoms with E-state index in [0.717, 1.165) is 11.4 Å². The van der Waals surface area contributed by atoms with E-state index in [1.165, 1.54) is 36.2 Å². The van der Waals surface area contributed by atoms with Crippen LogP contribution in [0.2, 0.25) is 5.02 Å². The molecule has 0 radical (unpaired) electrons. The van der Waals surface area contributed by atoms with Crippen LogP contribution in [0.4, 0.5) is 10.1 Å². The second-order valence-corrected chi connectivity index (χ2v) is 6.51. The van der Waals surface area contributed by atoms with E-state index in [1.807, 2.05) is 6.92 Å². The summed E-state index contributed by atoms with van der Waals surface area (Å²) in [5.74, 6) is 0.308. The molecule has 0 fully saturated rings. The molecule has 1 N–H and O–H groups in total. The van der Waals surface area contributed by atoms with E-state index in [-0.39, 0.29) is 11.6 Å². The molecule has 2 aromatic carbocycles. The summed E-state index contributed by atoms with van der Waals surface area (Å²) >= 11 is 11.1. The summed E-state index contributed by atoms with van der Waals surface area (Å²) < 4.78 is 16.7. The molecule has 21 heavy (non-hydrogen) atoms. The van der Waals surface area contributed by atoms with Crippen molar-refractivity contribution in [3.05, 3.63) is 62.8 Å². The third-order valence-corrected chi connectivity index (χ3v) is 4.36. The number of hydrogen-bond acceptors (Lipinski definition) is 3. The Hall–Kier alpha value is -1.04. The van der Waals surface area contributed by atoms with Crippen molar-refractivity contribution in [2.24, 2.45) is 0 Å². The summed E-state index contributed by atoms with van der Waals surface area (Å²) in [7, 11) is 0. The minimum absolute atomic E-state index is 0.210. The smallest absolute Gasteiger partial charge is 0.194 e. The number of halogens is 3. The first-order chi connectivity index (χ1) is 10.0. The Kier molecular flexibility index (Phi) is 5.67. The van der Waals surface area contributed by atoms with Gasteiger partial charge in [0.25, 0.3) is 0 Å². The average Bonchev–Trinajstić information content (AvgIpc) is 2.48. The zero-order chi connectivity index (χ0) is 15.4. The molecule has 110 valence electrons. The Morgan fingerprint density at radius 2 is 2.00 bits per heavy atom. The molecular formula is C15H12BrClFNOS. The topological polar surface area (TPSA) is 29.1 Å². The first kappa shape index (κ1) is 16.3. The van der Waals surface area contributed by atoms with E-state index < -0.39 is 0 Å². The molecule has 0 saturated heterocycles. The molecule has 0 aliphatic carbocycles. The van der Waals surface area contributed by atoms with Crippen molar-refractivity contribution in [1.29, 1.82) is 0 Å². The van der Waals surface area contributed by atoms with E-state index >= 15 is 0 Å². The predicted octanol–water partition coefficient (Wildman–Crippen LogP) is 5.55. The largest absolute Gasteiger partial charge is 0.328 e. The van der Waals surface area contributed by atoms with Gasteiger partial charge in [0.2, 0.25) is 0 Å². The maximum Gasteiger partial charge on any atom is 0.194 e. The van der Waals surface area contributed by atoms with Crippen molar-refractivity contribution in [1.82, 2.24) is 0 Å². The van der Waals surface area contributed by atoms with E-state index in [2.05, 4.69) is 20.7 Å². The second kappa shape index (κ2) is 7.29. The van der Waals surface area contributed by atoms with Crippen molar-refractivity contribution < 1.29 is 9.18 Å². The van der Waals surface area contributed by atoms with E-state index in [1.54, 1.807) is 12.1 Å². The molecular weight excluding hydrogens is 377 g/mol. The highest BCUT2D eigenvalue weighted by atomic mass is 79.9. The van der Waals surface area contributed by atoms with Gasteiger partial charge in [-0.05, 0) is 52.3 Å². The number of benzene rings is 2. The summed E-state index contributed by atoms with van der Waals surface area (Å²) in [4.78, 5) is 12.4. The third-order valence-electron chi connectivity index (χ3n) is 2.73. The molecule has 2 rings (SSSR count). The normalized spacial score (nSPS) is 10.5. The van der Waals surface area contributed by atoms with Crippen LogP contribution in [0, 0.1) is 5.82 Å². The highest BCUT2D eigenvalue weighted by molar-refractivity contribution is 9.10. The quantitative estimate of drug-likeness (QED) is 0.537. The molecule has 6 heteroatoms. The molecule has 0 aliphatic rings. The minimum Gasteiger partial charge on any atom is -0.328 e. The van der Waals surface area contributed by atoms with Crippen LogP contribution in [-0.2, 0) is 0 Å². The van der Waals surface area contributed by atoms with Crippen molar-refractivity contribution in [2.45, 2.75) is 6.92 Å². The van der Waals surface area contributed by atoms with Gasteiger partial charge in [0.05, 0.1) is 10.7 Å². The molecule has 0 aliphatic heterocycles.